The largest absolute Gasteiger partial charge is 0.459 e. The Labute approximate surface area is 112 Å². The number of nitrogens with one attached hydrogen (secondary N) is 1. The van der Waals surface area contributed by atoms with Crippen molar-refractivity contribution in [1.82, 2.24) is 5.32 Å². The summed E-state index contributed by atoms with van der Waals surface area (Å²) in [6.45, 7) is 2.07. The molecule has 1 aliphatic rings. The van der Waals surface area contributed by atoms with Gasteiger partial charge < -0.3 is 9.73 Å². The first kappa shape index (κ1) is 12.0. The zero-order valence-corrected chi connectivity index (χ0v) is 10.9. The lowest BCUT2D eigenvalue weighted by Gasteiger charge is -2.18. The number of carbonyl (C=O) groups excluding carboxylic acids is 1. The average molecular weight is 255 g/mol. The Balaban J connectivity index is 1.78. The predicted octanol–water partition coefficient (Wildman–Crippen LogP) is 3.47. The molecule has 3 rings (SSSR count). The van der Waals surface area contributed by atoms with E-state index in [0.29, 0.717) is 11.7 Å². The molecule has 0 unspecified atom stereocenters. The molecule has 1 heterocycles. The van der Waals surface area contributed by atoms with Crippen LogP contribution < -0.4 is 5.32 Å². The predicted molar refractivity (Wildman–Crippen MR) is 72.8 cm³/mol. The lowest BCUT2D eigenvalue weighted by molar-refractivity contribution is 0.0903. The molecule has 0 bridgehead atoms. The van der Waals surface area contributed by atoms with Crippen molar-refractivity contribution in [3.8, 4) is 0 Å². The Bertz CT molecular complexity index is 553. The smallest absolute Gasteiger partial charge is 0.287 e. The first-order chi connectivity index (χ1) is 9.24. The SMILES string of the molecule is Cc1ccc([C@H](NC(=O)c2ccco2)C2CC2)cc1. The lowest BCUT2D eigenvalue weighted by atomic mass is 10.0. The van der Waals surface area contributed by atoms with Gasteiger partial charge in [-0.25, -0.2) is 0 Å². The molecule has 0 spiro atoms. The molecule has 19 heavy (non-hydrogen) atoms. The molecule has 1 fully saturated rings. The number of furan rings is 1. The summed E-state index contributed by atoms with van der Waals surface area (Å²) >= 11 is 0. The van der Waals surface area contributed by atoms with Crippen LogP contribution >= 0.6 is 0 Å². The van der Waals surface area contributed by atoms with E-state index >= 15 is 0 Å². The second kappa shape index (κ2) is 4.92. The van der Waals surface area contributed by atoms with Gasteiger partial charge in [0.25, 0.3) is 5.91 Å². The zero-order valence-electron chi connectivity index (χ0n) is 10.9. The van der Waals surface area contributed by atoms with Crippen molar-refractivity contribution in [2.75, 3.05) is 0 Å². The maximum absolute atomic E-state index is 12.1. The molecule has 1 saturated carbocycles. The topological polar surface area (TPSA) is 42.2 Å². The molecular weight excluding hydrogens is 238 g/mol. The Morgan fingerprint density at radius 1 is 1.26 bits per heavy atom. The van der Waals surface area contributed by atoms with Crippen LogP contribution in [-0.2, 0) is 0 Å². The van der Waals surface area contributed by atoms with E-state index in [4.69, 9.17) is 4.42 Å². The molecule has 0 saturated heterocycles. The molecule has 1 aromatic heterocycles. The van der Waals surface area contributed by atoms with Crippen molar-refractivity contribution < 1.29 is 9.21 Å². The summed E-state index contributed by atoms with van der Waals surface area (Å²) < 4.78 is 5.14. The van der Waals surface area contributed by atoms with E-state index in [1.54, 1.807) is 12.1 Å². The summed E-state index contributed by atoms with van der Waals surface area (Å²) in [5.41, 5.74) is 2.41. The second-order valence-electron chi connectivity index (χ2n) is 5.18. The van der Waals surface area contributed by atoms with Crippen molar-refractivity contribution >= 4 is 5.91 Å². The lowest BCUT2D eigenvalue weighted by Crippen LogP contribution is -2.29. The summed E-state index contributed by atoms with van der Waals surface area (Å²) in [4.78, 5) is 12.1. The Kier molecular flexibility index (Phi) is 3.11. The van der Waals surface area contributed by atoms with E-state index in [1.807, 2.05) is 0 Å². The summed E-state index contributed by atoms with van der Waals surface area (Å²) in [6, 6.07) is 11.9. The van der Waals surface area contributed by atoms with Gasteiger partial charge in [0.15, 0.2) is 5.76 Å². The fraction of sp³-hybridized carbons (Fsp3) is 0.312. The fourth-order valence-electron chi connectivity index (χ4n) is 2.30. The third kappa shape index (κ3) is 2.70. The molecule has 3 nitrogen and oxygen atoms in total. The molecule has 0 radical (unpaired) electrons. The Morgan fingerprint density at radius 3 is 2.58 bits per heavy atom. The highest BCUT2D eigenvalue weighted by Crippen LogP contribution is 2.41. The number of hydrogen-bond acceptors (Lipinski definition) is 2. The van der Waals surface area contributed by atoms with Gasteiger partial charge >= 0.3 is 0 Å². The minimum atomic E-state index is -0.137. The summed E-state index contributed by atoms with van der Waals surface area (Å²) in [5.74, 6) is 0.793. The van der Waals surface area contributed by atoms with Crippen LogP contribution in [0.3, 0.4) is 0 Å². The van der Waals surface area contributed by atoms with Crippen LogP contribution in [0.1, 0.15) is 40.6 Å². The third-order valence-corrected chi connectivity index (χ3v) is 3.56. The average Bonchev–Trinajstić information content (AvgIpc) is 3.10. The number of amides is 1. The first-order valence-electron chi connectivity index (χ1n) is 6.65. The van der Waals surface area contributed by atoms with Crippen molar-refractivity contribution in [2.24, 2.45) is 5.92 Å². The van der Waals surface area contributed by atoms with Gasteiger partial charge in [0.05, 0.1) is 12.3 Å². The van der Waals surface area contributed by atoms with Crippen molar-refractivity contribution in [1.29, 1.82) is 0 Å². The maximum Gasteiger partial charge on any atom is 0.287 e. The Morgan fingerprint density at radius 2 is 2.00 bits per heavy atom. The molecule has 1 atom stereocenters. The highest BCUT2D eigenvalue weighted by molar-refractivity contribution is 5.91. The second-order valence-corrected chi connectivity index (χ2v) is 5.18. The summed E-state index contributed by atoms with van der Waals surface area (Å²) in [6.07, 6.45) is 3.88. The van der Waals surface area contributed by atoms with E-state index < -0.39 is 0 Å². The van der Waals surface area contributed by atoms with Gasteiger partial charge in [-0.1, -0.05) is 29.8 Å². The molecule has 98 valence electrons. The molecule has 1 aliphatic carbocycles. The van der Waals surface area contributed by atoms with Crippen LogP contribution in [-0.4, -0.2) is 5.91 Å². The molecule has 0 aliphatic heterocycles. The van der Waals surface area contributed by atoms with E-state index in [1.165, 1.54) is 30.2 Å². The van der Waals surface area contributed by atoms with Crippen LogP contribution in [0.15, 0.2) is 47.1 Å². The normalized spacial score (nSPS) is 16.1. The molecule has 1 amide bonds. The monoisotopic (exact) mass is 255 g/mol. The number of hydrogen-bond donors (Lipinski definition) is 1. The standard InChI is InChI=1S/C16H17NO2/c1-11-4-6-12(7-5-11)15(13-8-9-13)17-16(18)14-3-2-10-19-14/h2-7,10,13,15H,8-9H2,1H3,(H,17,18)/t15-/m0/s1. The zero-order chi connectivity index (χ0) is 13.2. The van der Waals surface area contributed by atoms with Crippen molar-refractivity contribution in [2.45, 2.75) is 25.8 Å². The van der Waals surface area contributed by atoms with Crippen LogP contribution in [0, 0.1) is 12.8 Å². The Hall–Kier alpha value is -2.03. The van der Waals surface area contributed by atoms with Crippen molar-refractivity contribution in [3.05, 3.63) is 59.5 Å². The van der Waals surface area contributed by atoms with E-state index in [9.17, 15) is 4.79 Å². The molecular formula is C16H17NO2. The van der Waals surface area contributed by atoms with Gasteiger partial charge in [-0.05, 0) is 43.4 Å². The molecule has 3 heteroatoms. The van der Waals surface area contributed by atoms with Gasteiger partial charge in [0, 0.05) is 0 Å². The van der Waals surface area contributed by atoms with Crippen LogP contribution in [0.5, 0.6) is 0 Å². The van der Waals surface area contributed by atoms with E-state index in [0.717, 1.165) is 0 Å². The van der Waals surface area contributed by atoms with Crippen LogP contribution in [0.4, 0.5) is 0 Å². The third-order valence-electron chi connectivity index (χ3n) is 3.56. The summed E-state index contributed by atoms with van der Waals surface area (Å²) in [7, 11) is 0. The quantitative estimate of drug-likeness (QED) is 0.909. The molecule has 1 N–H and O–H groups in total. The van der Waals surface area contributed by atoms with Gasteiger partial charge in [0.2, 0.25) is 0 Å². The maximum atomic E-state index is 12.1. The fourth-order valence-corrected chi connectivity index (χ4v) is 2.30. The molecule has 2 aromatic rings. The number of benzene rings is 1. The summed E-state index contributed by atoms with van der Waals surface area (Å²) in [5, 5.41) is 3.08. The van der Waals surface area contributed by atoms with E-state index in [-0.39, 0.29) is 11.9 Å². The number of carbonyl (C=O) groups is 1. The van der Waals surface area contributed by atoms with Crippen LogP contribution in [0.2, 0.25) is 0 Å². The van der Waals surface area contributed by atoms with Gasteiger partial charge in [-0.3, -0.25) is 4.79 Å². The molecule has 1 aromatic carbocycles. The van der Waals surface area contributed by atoms with Crippen LogP contribution in [0.25, 0.3) is 0 Å². The first-order valence-corrected chi connectivity index (χ1v) is 6.65. The van der Waals surface area contributed by atoms with Crippen molar-refractivity contribution in [3.63, 3.8) is 0 Å². The minimum Gasteiger partial charge on any atom is -0.459 e. The van der Waals surface area contributed by atoms with Gasteiger partial charge in [0.1, 0.15) is 0 Å². The van der Waals surface area contributed by atoms with E-state index in [2.05, 4.69) is 36.5 Å². The minimum absolute atomic E-state index is 0.0956. The highest BCUT2D eigenvalue weighted by atomic mass is 16.3. The van der Waals surface area contributed by atoms with Gasteiger partial charge in [-0.15, -0.1) is 0 Å². The van der Waals surface area contributed by atoms with Gasteiger partial charge in [-0.2, -0.15) is 0 Å². The number of rotatable bonds is 4. The highest BCUT2D eigenvalue weighted by Gasteiger charge is 2.33. The number of aryl methyl sites for hydroxylation is 1.